The maximum absolute atomic E-state index is 11.6. The summed E-state index contributed by atoms with van der Waals surface area (Å²) in [4.78, 5) is 11.6. The molecule has 0 spiro atoms. The number of carbonyl (C=O) groups is 1. The number of aliphatic hydroxyl groups is 3. The number of rotatable bonds is 7. The largest absolute Gasteiger partial charge is 0.394 e. The van der Waals surface area contributed by atoms with Crippen molar-refractivity contribution in [3.8, 4) is 0 Å². The third kappa shape index (κ3) is 5.62. The molecule has 1 aliphatic heterocycles. The molecule has 0 aromatic heterocycles. The van der Waals surface area contributed by atoms with Gasteiger partial charge in [0.2, 0.25) is 0 Å². The smallest absolute Gasteiger partial charge is 0.197 e. The van der Waals surface area contributed by atoms with Crippen LogP contribution in [0.5, 0.6) is 0 Å². The molecule has 0 saturated carbocycles. The number of aliphatic hydroxyl groups excluding tert-OH is 3. The Morgan fingerprint density at radius 3 is 2.50 bits per heavy atom. The standard InChI is InChI=1S/C16H26O6/c1-10(2)5-4-6-11(3)7-8-21-16-15(20)14(19)13(18)12(9-17)22-16/h5,7,12-13,15-18,20H,4,6,8-9H2,1-3H3/b11-7+. The van der Waals surface area contributed by atoms with Crippen LogP contribution in [-0.2, 0) is 14.3 Å². The molecule has 0 aliphatic carbocycles. The summed E-state index contributed by atoms with van der Waals surface area (Å²) in [5, 5.41) is 28.3. The summed E-state index contributed by atoms with van der Waals surface area (Å²) in [5.41, 5.74) is 2.41. The number of ketones is 1. The van der Waals surface area contributed by atoms with Crippen molar-refractivity contribution in [1.29, 1.82) is 0 Å². The predicted octanol–water partition coefficient (Wildman–Crippen LogP) is 0.704. The summed E-state index contributed by atoms with van der Waals surface area (Å²) < 4.78 is 10.5. The first-order valence-electron chi connectivity index (χ1n) is 7.43. The van der Waals surface area contributed by atoms with E-state index in [1.165, 1.54) is 5.57 Å². The molecule has 0 aromatic carbocycles. The fourth-order valence-electron chi connectivity index (χ4n) is 2.06. The molecule has 6 nitrogen and oxygen atoms in total. The molecule has 4 atom stereocenters. The van der Waals surface area contributed by atoms with Crippen LogP contribution in [-0.4, -0.2) is 58.9 Å². The monoisotopic (exact) mass is 314 g/mol. The zero-order chi connectivity index (χ0) is 16.7. The Bertz CT molecular complexity index is 424. The second-order valence-electron chi connectivity index (χ2n) is 5.72. The van der Waals surface area contributed by atoms with Gasteiger partial charge in [-0.15, -0.1) is 0 Å². The first-order valence-corrected chi connectivity index (χ1v) is 7.43. The van der Waals surface area contributed by atoms with E-state index >= 15 is 0 Å². The lowest BCUT2D eigenvalue weighted by atomic mass is 10.0. The maximum atomic E-state index is 11.6. The van der Waals surface area contributed by atoms with Gasteiger partial charge >= 0.3 is 0 Å². The van der Waals surface area contributed by atoms with Crippen molar-refractivity contribution < 1.29 is 29.6 Å². The SMILES string of the molecule is CC(C)=CCC/C(C)=C/COC1OC(CO)C(O)C(=O)C1O. The molecule has 1 fully saturated rings. The van der Waals surface area contributed by atoms with Crippen molar-refractivity contribution in [3.05, 3.63) is 23.3 Å². The van der Waals surface area contributed by atoms with Crippen molar-refractivity contribution in [1.82, 2.24) is 0 Å². The summed E-state index contributed by atoms with van der Waals surface area (Å²) in [6, 6.07) is 0. The van der Waals surface area contributed by atoms with Gasteiger partial charge in [0.25, 0.3) is 0 Å². The van der Waals surface area contributed by atoms with E-state index in [9.17, 15) is 15.0 Å². The maximum Gasteiger partial charge on any atom is 0.197 e. The minimum Gasteiger partial charge on any atom is -0.394 e. The third-order valence-corrected chi connectivity index (χ3v) is 3.47. The van der Waals surface area contributed by atoms with Crippen molar-refractivity contribution in [2.45, 2.75) is 58.2 Å². The number of allylic oxidation sites excluding steroid dienone is 3. The van der Waals surface area contributed by atoms with Crippen LogP contribution in [0.15, 0.2) is 23.3 Å². The summed E-state index contributed by atoms with van der Waals surface area (Å²) in [5.74, 6) is -0.792. The molecule has 126 valence electrons. The van der Waals surface area contributed by atoms with Crippen LogP contribution in [0.25, 0.3) is 0 Å². The summed E-state index contributed by atoms with van der Waals surface area (Å²) in [7, 11) is 0. The molecule has 0 aromatic rings. The van der Waals surface area contributed by atoms with Gasteiger partial charge in [0, 0.05) is 0 Å². The summed E-state index contributed by atoms with van der Waals surface area (Å²) in [6.07, 6.45) is 0.553. The number of Topliss-reactive ketones (excluding diaryl/α,β-unsaturated/α-hetero) is 1. The Labute approximate surface area is 131 Å². The average molecular weight is 314 g/mol. The molecule has 0 radical (unpaired) electrons. The molecule has 22 heavy (non-hydrogen) atoms. The van der Waals surface area contributed by atoms with E-state index in [1.54, 1.807) is 0 Å². The van der Waals surface area contributed by atoms with Gasteiger partial charge in [-0.1, -0.05) is 23.3 Å². The average Bonchev–Trinajstić information content (AvgIpc) is 2.47. The number of hydrogen-bond donors (Lipinski definition) is 3. The highest BCUT2D eigenvalue weighted by atomic mass is 16.7. The van der Waals surface area contributed by atoms with Gasteiger partial charge in [0.1, 0.15) is 12.2 Å². The Morgan fingerprint density at radius 1 is 1.23 bits per heavy atom. The van der Waals surface area contributed by atoms with Gasteiger partial charge in [-0.3, -0.25) is 4.79 Å². The van der Waals surface area contributed by atoms with Crippen LogP contribution in [0.3, 0.4) is 0 Å². The second-order valence-corrected chi connectivity index (χ2v) is 5.72. The third-order valence-electron chi connectivity index (χ3n) is 3.47. The Kier molecular flexibility index (Phi) is 7.92. The highest BCUT2D eigenvalue weighted by Gasteiger charge is 2.43. The Hall–Kier alpha value is -1.05. The van der Waals surface area contributed by atoms with E-state index in [-0.39, 0.29) is 6.61 Å². The Balaban J connectivity index is 2.46. The molecule has 0 bridgehead atoms. The molecule has 1 heterocycles. The summed E-state index contributed by atoms with van der Waals surface area (Å²) in [6.45, 7) is 5.74. The van der Waals surface area contributed by atoms with E-state index < -0.39 is 37.0 Å². The first kappa shape index (κ1) is 19.0. The zero-order valence-electron chi connectivity index (χ0n) is 13.4. The molecule has 4 unspecified atom stereocenters. The quantitative estimate of drug-likeness (QED) is 0.599. The molecule has 1 aliphatic rings. The van der Waals surface area contributed by atoms with Crippen LogP contribution < -0.4 is 0 Å². The van der Waals surface area contributed by atoms with Crippen LogP contribution in [0.4, 0.5) is 0 Å². The van der Waals surface area contributed by atoms with Crippen LogP contribution in [0, 0.1) is 0 Å². The van der Waals surface area contributed by atoms with E-state index in [1.807, 2.05) is 26.8 Å². The van der Waals surface area contributed by atoms with E-state index in [4.69, 9.17) is 14.6 Å². The fraction of sp³-hybridized carbons (Fsp3) is 0.688. The van der Waals surface area contributed by atoms with E-state index in [0.717, 1.165) is 18.4 Å². The number of hydrogen-bond acceptors (Lipinski definition) is 6. The zero-order valence-corrected chi connectivity index (χ0v) is 13.4. The normalized spacial score (nSPS) is 29.5. The van der Waals surface area contributed by atoms with Crippen molar-refractivity contribution in [3.63, 3.8) is 0 Å². The molecule has 1 saturated heterocycles. The summed E-state index contributed by atoms with van der Waals surface area (Å²) >= 11 is 0. The fourth-order valence-corrected chi connectivity index (χ4v) is 2.06. The van der Waals surface area contributed by atoms with E-state index in [2.05, 4.69) is 6.08 Å². The van der Waals surface area contributed by atoms with Gasteiger partial charge in [0.05, 0.1) is 13.2 Å². The molecular weight excluding hydrogens is 288 g/mol. The molecule has 0 amide bonds. The molecule has 6 heteroatoms. The van der Waals surface area contributed by atoms with Crippen molar-refractivity contribution in [2.24, 2.45) is 0 Å². The number of ether oxygens (including phenoxy) is 2. The van der Waals surface area contributed by atoms with Gasteiger partial charge in [0.15, 0.2) is 18.2 Å². The van der Waals surface area contributed by atoms with Crippen molar-refractivity contribution >= 4 is 5.78 Å². The van der Waals surface area contributed by atoms with Crippen LogP contribution in [0.2, 0.25) is 0 Å². The van der Waals surface area contributed by atoms with Gasteiger partial charge in [-0.2, -0.15) is 0 Å². The molecule has 1 rings (SSSR count). The highest BCUT2D eigenvalue weighted by molar-refractivity contribution is 5.88. The van der Waals surface area contributed by atoms with Gasteiger partial charge in [-0.05, 0) is 33.6 Å². The number of carbonyl (C=O) groups excluding carboxylic acids is 1. The predicted molar refractivity (Wildman–Crippen MR) is 81.1 cm³/mol. The molecule has 3 N–H and O–H groups in total. The molecular formula is C16H26O6. The van der Waals surface area contributed by atoms with Crippen LogP contribution in [0.1, 0.15) is 33.6 Å². The van der Waals surface area contributed by atoms with Crippen LogP contribution >= 0.6 is 0 Å². The van der Waals surface area contributed by atoms with Crippen molar-refractivity contribution in [2.75, 3.05) is 13.2 Å². The van der Waals surface area contributed by atoms with E-state index in [0.29, 0.717) is 0 Å². The second kappa shape index (κ2) is 9.17. The minimum absolute atomic E-state index is 0.184. The van der Waals surface area contributed by atoms with Gasteiger partial charge < -0.3 is 24.8 Å². The minimum atomic E-state index is -1.54. The first-order chi connectivity index (χ1) is 10.4. The lowest BCUT2D eigenvalue weighted by molar-refractivity contribution is -0.252. The topological polar surface area (TPSA) is 96.2 Å². The lowest BCUT2D eigenvalue weighted by Crippen LogP contribution is -2.56. The van der Waals surface area contributed by atoms with Gasteiger partial charge in [-0.25, -0.2) is 0 Å². The lowest BCUT2D eigenvalue weighted by Gasteiger charge is -2.34. The highest BCUT2D eigenvalue weighted by Crippen LogP contribution is 2.19. The Morgan fingerprint density at radius 2 is 1.91 bits per heavy atom.